The van der Waals surface area contributed by atoms with Crippen molar-refractivity contribution >= 4 is 5.97 Å². The molecule has 3 unspecified atom stereocenters. The lowest BCUT2D eigenvalue weighted by Gasteiger charge is -2.33. The van der Waals surface area contributed by atoms with Gasteiger partial charge in [0.15, 0.2) is 17.3 Å². The summed E-state index contributed by atoms with van der Waals surface area (Å²) < 4.78 is 17.5. The molecule has 1 aromatic heterocycles. The van der Waals surface area contributed by atoms with Crippen molar-refractivity contribution < 1.29 is 19.0 Å². The molecular weight excluding hydrogens is 376 g/mol. The van der Waals surface area contributed by atoms with Crippen LogP contribution in [0.3, 0.4) is 0 Å². The number of carbonyl (C=O) groups excluding carboxylic acids is 1. The summed E-state index contributed by atoms with van der Waals surface area (Å²) in [7, 11) is 0. The van der Waals surface area contributed by atoms with Gasteiger partial charge in [0.2, 0.25) is 6.79 Å². The zero-order chi connectivity index (χ0) is 20.2. The highest BCUT2D eigenvalue weighted by molar-refractivity contribution is 5.69. The zero-order valence-electron chi connectivity index (χ0n) is 16.4. The number of ether oxygens (including phenoxy) is 3. The fourth-order valence-electron chi connectivity index (χ4n) is 3.85. The van der Waals surface area contributed by atoms with E-state index >= 15 is 0 Å². The first-order valence-corrected chi connectivity index (χ1v) is 9.98. The minimum atomic E-state index is -0.389. The number of esters is 1. The zero-order valence-corrected chi connectivity index (χ0v) is 16.4. The SMILES string of the molecule is CCOC(=O)Cn1nnnc1C(NC1CCCCC1N)c1ccc2c(c1)OCO2. The van der Waals surface area contributed by atoms with Gasteiger partial charge in [-0.3, -0.25) is 10.1 Å². The molecule has 2 aromatic rings. The Balaban J connectivity index is 1.65. The summed E-state index contributed by atoms with van der Waals surface area (Å²) in [4.78, 5) is 12.0. The number of nitrogens with one attached hydrogen (secondary N) is 1. The summed E-state index contributed by atoms with van der Waals surface area (Å²) in [5.41, 5.74) is 7.28. The smallest absolute Gasteiger partial charge is 0.327 e. The van der Waals surface area contributed by atoms with E-state index in [4.69, 9.17) is 19.9 Å². The van der Waals surface area contributed by atoms with Crippen LogP contribution in [0.4, 0.5) is 0 Å². The fraction of sp³-hybridized carbons (Fsp3) is 0.579. The Morgan fingerprint density at radius 1 is 1.34 bits per heavy atom. The van der Waals surface area contributed by atoms with E-state index in [1.165, 1.54) is 4.68 Å². The Morgan fingerprint density at radius 2 is 2.17 bits per heavy atom. The van der Waals surface area contributed by atoms with Gasteiger partial charge in [-0.15, -0.1) is 5.10 Å². The molecule has 1 aliphatic heterocycles. The van der Waals surface area contributed by atoms with Crippen molar-refractivity contribution in [1.82, 2.24) is 25.5 Å². The van der Waals surface area contributed by atoms with Gasteiger partial charge in [0, 0.05) is 12.1 Å². The summed E-state index contributed by atoms with van der Waals surface area (Å²) in [6, 6.07) is 5.54. The summed E-state index contributed by atoms with van der Waals surface area (Å²) >= 11 is 0. The lowest BCUT2D eigenvalue weighted by molar-refractivity contribution is -0.144. The summed E-state index contributed by atoms with van der Waals surface area (Å²) in [5.74, 6) is 1.51. The van der Waals surface area contributed by atoms with Crippen LogP contribution in [0.2, 0.25) is 0 Å². The van der Waals surface area contributed by atoms with Gasteiger partial charge in [0.25, 0.3) is 0 Å². The van der Waals surface area contributed by atoms with Gasteiger partial charge >= 0.3 is 5.97 Å². The number of carbonyl (C=O) groups is 1. The van der Waals surface area contributed by atoms with Crippen molar-refractivity contribution in [3.05, 3.63) is 29.6 Å². The Bertz CT molecular complexity index is 857. The van der Waals surface area contributed by atoms with Crippen LogP contribution in [0.1, 0.15) is 50.0 Å². The van der Waals surface area contributed by atoms with Crippen molar-refractivity contribution in [1.29, 1.82) is 0 Å². The van der Waals surface area contributed by atoms with Crippen molar-refractivity contribution in [3.63, 3.8) is 0 Å². The third kappa shape index (κ3) is 4.33. The molecule has 3 atom stereocenters. The van der Waals surface area contributed by atoms with Crippen LogP contribution in [0, 0.1) is 0 Å². The Morgan fingerprint density at radius 3 is 3.00 bits per heavy atom. The van der Waals surface area contributed by atoms with Crippen LogP contribution in [0.5, 0.6) is 11.5 Å². The number of tetrazole rings is 1. The number of hydrogen-bond acceptors (Lipinski definition) is 9. The predicted molar refractivity (Wildman–Crippen MR) is 102 cm³/mol. The van der Waals surface area contributed by atoms with E-state index in [1.807, 2.05) is 18.2 Å². The molecule has 10 heteroatoms. The average Bonchev–Trinajstić information content (AvgIpc) is 3.36. The molecule has 2 heterocycles. The molecule has 1 aliphatic carbocycles. The molecule has 1 aromatic carbocycles. The maximum absolute atomic E-state index is 12.0. The number of hydrogen-bond donors (Lipinski definition) is 2. The molecule has 4 rings (SSSR count). The molecule has 0 spiro atoms. The minimum Gasteiger partial charge on any atom is -0.465 e. The normalized spacial score (nSPS) is 21.7. The van der Waals surface area contributed by atoms with E-state index in [0.717, 1.165) is 31.2 Å². The highest BCUT2D eigenvalue weighted by atomic mass is 16.7. The number of fused-ring (bicyclic) bond motifs is 1. The highest BCUT2D eigenvalue weighted by Gasteiger charge is 2.30. The second-order valence-electron chi connectivity index (χ2n) is 7.27. The molecule has 3 N–H and O–H groups in total. The van der Waals surface area contributed by atoms with Crippen molar-refractivity contribution in [3.8, 4) is 11.5 Å². The quantitative estimate of drug-likeness (QED) is 0.650. The van der Waals surface area contributed by atoms with Crippen LogP contribution in [-0.2, 0) is 16.1 Å². The van der Waals surface area contributed by atoms with Crippen molar-refractivity contribution in [2.24, 2.45) is 5.73 Å². The molecule has 0 amide bonds. The molecule has 10 nitrogen and oxygen atoms in total. The maximum atomic E-state index is 12.0. The minimum absolute atomic E-state index is 0.0506. The Hall–Kier alpha value is -2.72. The summed E-state index contributed by atoms with van der Waals surface area (Å²) in [5, 5.41) is 15.6. The van der Waals surface area contributed by atoms with Crippen LogP contribution in [-0.4, -0.2) is 51.7 Å². The predicted octanol–water partition coefficient (Wildman–Crippen LogP) is 0.914. The highest BCUT2D eigenvalue weighted by Crippen LogP contribution is 2.36. The molecule has 156 valence electrons. The standard InChI is InChI=1S/C19H26N6O4/c1-2-27-17(26)10-25-19(22-23-24-25)18(21-14-6-4-3-5-13(14)20)12-7-8-15-16(9-12)29-11-28-15/h7-9,13-14,18,21H,2-6,10-11,20H2,1H3. The molecule has 29 heavy (non-hydrogen) atoms. The lowest BCUT2D eigenvalue weighted by atomic mass is 9.89. The van der Waals surface area contributed by atoms with Gasteiger partial charge in [-0.05, 0) is 47.9 Å². The molecule has 1 fully saturated rings. The van der Waals surface area contributed by atoms with Crippen LogP contribution < -0.4 is 20.5 Å². The molecule has 0 radical (unpaired) electrons. The first-order valence-electron chi connectivity index (χ1n) is 9.98. The van der Waals surface area contributed by atoms with Gasteiger partial charge in [0.05, 0.1) is 12.6 Å². The Labute approximate surface area is 168 Å². The third-order valence-corrected chi connectivity index (χ3v) is 5.33. The second-order valence-corrected chi connectivity index (χ2v) is 7.27. The number of rotatable bonds is 7. The maximum Gasteiger partial charge on any atom is 0.327 e. The Kier molecular flexibility index (Phi) is 5.91. The van der Waals surface area contributed by atoms with E-state index in [0.29, 0.717) is 23.9 Å². The average molecular weight is 402 g/mol. The lowest BCUT2D eigenvalue weighted by Crippen LogP contribution is -2.49. The van der Waals surface area contributed by atoms with Crippen molar-refractivity contribution in [2.75, 3.05) is 13.4 Å². The summed E-state index contributed by atoms with van der Waals surface area (Å²) in [6.07, 6.45) is 4.20. The van der Waals surface area contributed by atoms with Gasteiger partial charge in [0.1, 0.15) is 6.54 Å². The molecular formula is C19H26N6O4. The van der Waals surface area contributed by atoms with E-state index in [1.54, 1.807) is 6.92 Å². The van der Waals surface area contributed by atoms with Gasteiger partial charge in [-0.25, -0.2) is 4.68 Å². The number of nitrogens with zero attached hydrogens (tertiary/aromatic N) is 4. The van der Waals surface area contributed by atoms with Gasteiger partial charge in [-0.2, -0.15) is 0 Å². The van der Waals surface area contributed by atoms with Gasteiger partial charge in [-0.1, -0.05) is 18.9 Å². The molecule has 0 saturated heterocycles. The van der Waals surface area contributed by atoms with Crippen LogP contribution >= 0.6 is 0 Å². The number of aromatic nitrogens is 4. The monoisotopic (exact) mass is 402 g/mol. The molecule has 1 saturated carbocycles. The van der Waals surface area contributed by atoms with E-state index < -0.39 is 0 Å². The van der Waals surface area contributed by atoms with E-state index in [9.17, 15) is 4.79 Å². The van der Waals surface area contributed by atoms with E-state index in [-0.39, 0.29) is 37.4 Å². The molecule has 2 aliphatic rings. The first-order chi connectivity index (χ1) is 14.2. The first kappa shape index (κ1) is 19.6. The van der Waals surface area contributed by atoms with E-state index in [2.05, 4.69) is 20.8 Å². The fourth-order valence-corrected chi connectivity index (χ4v) is 3.85. The van der Waals surface area contributed by atoms with Crippen molar-refractivity contribution in [2.45, 2.75) is 57.3 Å². The van der Waals surface area contributed by atoms with Gasteiger partial charge < -0.3 is 19.9 Å². The largest absolute Gasteiger partial charge is 0.465 e. The summed E-state index contributed by atoms with van der Waals surface area (Å²) in [6.45, 7) is 2.21. The second kappa shape index (κ2) is 8.75. The number of nitrogens with two attached hydrogens (primary N) is 1. The van der Waals surface area contributed by atoms with Crippen LogP contribution in [0.25, 0.3) is 0 Å². The van der Waals surface area contributed by atoms with Crippen LogP contribution in [0.15, 0.2) is 18.2 Å². The third-order valence-electron chi connectivity index (χ3n) is 5.33. The number of benzene rings is 1. The molecule has 0 bridgehead atoms. The topological polar surface area (TPSA) is 126 Å².